The van der Waals surface area contributed by atoms with Gasteiger partial charge in [0, 0.05) is 48.4 Å². The van der Waals surface area contributed by atoms with Crippen LogP contribution in [0.2, 0.25) is 36.3 Å². The van der Waals surface area contributed by atoms with Crippen LogP contribution in [0.3, 0.4) is 0 Å². The standard InChI is InChI=1S/C29H40BN5O3Si.C24H31N5OSi.C12H24B2O4/c1-27(2,3)39(9,10)36-19-21-12-11-13-26(32-21)35-25-17-20(30-37-28(4,5)29(6,7)38-30)16-22(23(25)18-31-35)24-14-15-34(8)33-24;1-17-13-19(21-11-12-28(5)27-21)20-15-25-29(22(20)14-17)23-10-8-9-18(26-23)16-30-31(6,7)24(2,3)4;1-9(2)10(3,4)16-13(15-9)14-17-11(5,6)12(7,8)18-14/h11-18H,19H2,1-10H3;8-15H,16H2,1-7H3;1-8H3. The number of fused-ring (bicyclic) bond motifs is 2. The average Bonchev–Trinajstić information content (AvgIpc) is 1.68. The Bertz CT molecular complexity index is 3740. The first kappa shape index (κ1) is 66.8. The van der Waals surface area contributed by atoms with E-state index in [1.165, 1.54) is 0 Å². The summed E-state index contributed by atoms with van der Waals surface area (Å²) < 4.78 is 56.9. The predicted molar refractivity (Wildman–Crippen MR) is 359 cm³/mol. The lowest BCUT2D eigenvalue weighted by molar-refractivity contribution is 0.00578. The van der Waals surface area contributed by atoms with Gasteiger partial charge in [-0.3, -0.25) is 9.36 Å². The highest BCUT2D eigenvalue weighted by atomic mass is 28.4. The van der Waals surface area contributed by atoms with Gasteiger partial charge >= 0.3 is 21.1 Å². The Morgan fingerprint density at radius 2 is 0.852 bits per heavy atom. The zero-order valence-corrected chi connectivity index (χ0v) is 59.1. The topological polar surface area (TPSA) is 171 Å². The molecule has 0 N–H and O–H groups in total. The summed E-state index contributed by atoms with van der Waals surface area (Å²) in [4.78, 5) is 9.81. The van der Waals surface area contributed by atoms with Gasteiger partial charge in [-0.15, -0.1) is 0 Å². The lowest BCUT2D eigenvalue weighted by Crippen LogP contribution is -2.41. The number of aryl methyl sites for hydroxylation is 3. The van der Waals surface area contributed by atoms with Crippen molar-refractivity contribution in [2.45, 2.75) is 215 Å². The van der Waals surface area contributed by atoms with E-state index < -0.39 is 49.0 Å². The molecule has 23 heteroatoms. The van der Waals surface area contributed by atoms with Gasteiger partial charge in [-0.2, -0.15) is 20.4 Å². The van der Waals surface area contributed by atoms with E-state index in [1.54, 1.807) is 4.68 Å². The lowest BCUT2D eigenvalue weighted by Gasteiger charge is -2.36. The molecule has 0 amide bonds. The van der Waals surface area contributed by atoms with E-state index >= 15 is 0 Å². The first-order valence-electron chi connectivity index (χ1n) is 30.8. The highest BCUT2D eigenvalue weighted by Gasteiger charge is 2.64. The van der Waals surface area contributed by atoms with Crippen LogP contribution in [-0.4, -0.2) is 120 Å². The summed E-state index contributed by atoms with van der Waals surface area (Å²) in [7, 11) is -1.35. The predicted octanol–water partition coefficient (Wildman–Crippen LogP) is 13.5. The minimum Gasteiger partial charge on any atom is -0.411 e. The van der Waals surface area contributed by atoms with Gasteiger partial charge < -0.3 is 36.8 Å². The van der Waals surface area contributed by atoms with E-state index in [-0.39, 0.29) is 32.5 Å². The van der Waals surface area contributed by atoms with Gasteiger partial charge in [0.1, 0.15) is 0 Å². The normalized spacial score (nSPS) is 18.7. The minimum absolute atomic E-state index is 0.134. The van der Waals surface area contributed by atoms with E-state index in [4.69, 9.17) is 51.8 Å². The number of pyridine rings is 2. The number of hydrogen-bond donors (Lipinski definition) is 0. The van der Waals surface area contributed by atoms with Crippen LogP contribution in [0, 0.1) is 6.92 Å². The minimum atomic E-state index is -1.90. The fourth-order valence-corrected chi connectivity index (χ4v) is 11.6. The van der Waals surface area contributed by atoms with Gasteiger partial charge in [-0.05, 0) is 192 Å². The summed E-state index contributed by atoms with van der Waals surface area (Å²) in [5.41, 5.74) is 7.35. The Morgan fingerprint density at radius 1 is 0.489 bits per heavy atom. The molecule has 0 atom stereocenters. The fraction of sp³-hybridized carbons (Fsp3) is 0.538. The zero-order chi connectivity index (χ0) is 64.8. The molecule has 470 valence electrons. The lowest BCUT2D eigenvalue weighted by atomic mass is 9.49. The summed E-state index contributed by atoms with van der Waals surface area (Å²) in [6, 6.07) is 24.6. The number of aromatic nitrogens is 10. The molecule has 6 aromatic heterocycles. The van der Waals surface area contributed by atoms with Gasteiger partial charge in [0.25, 0.3) is 0 Å². The van der Waals surface area contributed by atoms with Crippen molar-refractivity contribution in [3.63, 3.8) is 0 Å². The molecule has 9 heterocycles. The second kappa shape index (κ2) is 23.6. The Morgan fingerprint density at radius 3 is 1.22 bits per heavy atom. The molecule has 0 aliphatic carbocycles. The second-order valence-corrected chi connectivity index (χ2v) is 39.6. The highest BCUT2D eigenvalue weighted by molar-refractivity contribution is 7.11. The fourth-order valence-electron chi connectivity index (χ4n) is 9.71. The van der Waals surface area contributed by atoms with Crippen LogP contribution in [0.4, 0.5) is 0 Å². The molecule has 3 aliphatic rings. The second-order valence-electron chi connectivity index (χ2n) is 30.0. The van der Waals surface area contributed by atoms with Crippen molar-refractivity contribution in [2.75, 3.05) is 0 Å². The molecular formula is C65H95B3N10O8Si2. The van der Waals surface area contributed by atoms with E-state index in [0.29, 0.717) is 13.2 Å². The third-order valence-electron chi connectivity index (χ3n) is 19.6. The Hall–Kier alpha value is -5.59. The quantitative estimate of drug-likeness (QED) is 0.106. The smallest absolute Gasteiger partial charge is 0.411 e. The van der Waals surface area contributed by atoms with E-state index in [1.807, 2.05) is 157 Å². The Kier molecular flexibility index (Phi) is 17.9. The summed E-state index contributed by atoms with van der Waals surface area (Å²) in [6.07, 6.45) is 7.69. The molecule has 88 heavy (non-hydrogen) atoms. The maximum atomic E-state index is 6.45. The van der Waals surface area contributed by atoms with Crippen molar-refractivity contribution >= 4 is 65.0 Å². The van der Waals surface area contributed by atoms with Crippen LogP contribution in [-0.2, 0) is 64.1 Å². The van der Waals surface area contributed by atoms with Crippen molar-refractivity contribution in [1.29, 1.82) is 0 Å². The van der Waals surface area contributed by atoms with Crippen LogP contribution in [0.15, 0.2) is 97.6 Å². The molecule has 11 rings (SSSR count). The third-order valence-corrected chi connectivity index (χ3v) is 28.6. The van der Waals surface area contributed by atoms with Crippen molar-refractivity contribution in [3.8, 4) is 34.2 Å². The van der Waals surface area contributed by atoms with E-state index in [0.717, 1.165) is 78.4 Å². The summed E-state index contributed by atoms with van der Waals surface area (Å²) in [5, 5.41) is 21.1. The zero-order valence-electron chi connectivity index (χ0n) is 57.1. The van der Waals surface area contributed by atoms with Crippen LogP contribution in [0.1, 0.15) is 142 Å². The monoisotopic (exact) mass is 1230 g/mol. The van der Waals surface area contributed by atoms with Gasteiger partial charge in [-0.25, -0.2) is 19.3 Å². The molecule has 18 nitrogen and oxygen atoms in total. The van der Waals surface area contributed by atoms with Crippen LogP contribution in [0.5, 0.6) is 0 Å². The summed E-state index contributed by atoms with van der Waals surface area (Å²) in [6.45, 7) is 50.1. The van der Waals surface area contributed by atoms with Gasteiger partial charge in [-0.1, -0.05) is 59.7 Å². The van der Waals surface area contributed by atoms with E-state index in [9.17, 15) is 0 Å². The number of benzene rings is 2. The number of rotatable bonds is 12. The molecule has 0 radical (unpaired) electrons. The number of nitrogens with zero attached hydrogens (tertiary/aromatic N) is 10. The van der Waals surface area contributed by atoms with Crippen LogP contribution in [0.25, 0.3) is 56.0 Å². The molecule has 0 spiro atoms. The maximum absolute atomic E-state index is 6.45. The SMILES string of the molecule is CC1(C)OB(B2OC(C)(C)C(C)(C)O2)OC1(C)C.Cc1cc(-c2ccn(C)n2)c2cnn(-c3cccc(CO[Si](C)(C)C(C)(C)C)n3)c2c1.Cn1ccc(-c2cc(B3OC(C)(C)C(C)(C)O3)cc3c2cnn3-c2cccc(CO[Si](C)(C)C(C)(C)C)n2)n1. The van der Waals surface area contributed by atoms with Crippen molar-refractivity contribution in [2.24, 2.45) is 14.1 Å². The summed E-state index contributed by atoms with van der Waals surface area (Å²) in [5.74, 6) is 1.53. The van der Waals surface area contributed by atoms with Gasteiger partial charge in [0.15, 0.2) is 28.3 Å². The molecule has 0 bridgehead atoms. The molecule has 3 saturated heterocycles. The molecule has 3 aliphatic heterocycles. The van der Waals surface area contributed by atoms with Crippen LogP contribution < -0.4 is 5.46 Å². The Balaban J connectivity index is 0.000000168. The van der Waals surface area contributed by atoms with E-state index in [2.05, 4.69) is 142 Å². The van der Waals surface area contributed by atoms with Crippen molar-refractivity contribution in [3.05, 3.63) is 115 Å². The molecule has 3 fully saturated rings. The first-order valence-corrected chi connectivity index (χ1v) is 36.6. The highest BCUT2D eigenvalue weighted by Crippen LogP contribution is 2.44. The van der Waals surface area contributed by atoms with Crippen molar-refractivity contribution in [1.82, 2.24) is 49.1 Å². The molecular weight excluding hydrogens is 1140 g/mol. The summed E-state index contributed by atoms with van der Waals surface area (Å²) >= 11 is 0. The average molecular weight is 1230 g/mol. The first-order chi connectivity index (χ1) is 40.5. The van der Waals surface area contributed by atoms with Crippen molar-refractivity contribution < 1.29 is 36.8 Å². The molecule has 2 aromatic carbocycles. The maximum Gasteiger partial charge on any atom is 0.494 e. The molecule has 0 saturated carbocycles. The molecule has 8 aromatic rings. The Labute approximate surface area is 525 Å². The molecule has 0 unspecified atom stereocenters. The van der Waals surface area contributed by atoms with Crippen LogP contribution >= 0.6 is 0 Å². The largest absolute Gasteiger partial charge is 0.494 e. The number of hydrogen-bond acceptors (Lipinski definition) is 14. The van der Waals surface area contributed by atoms with Gasteiger partial charge in [0.05, 0.1) is 93.0 Å². The van der Waals surface area contributed by atoms with Gasteiger partial charge in [0.2, 0.25) is 0 Å². The third kappa shape index (κ3) is 13.6.